The predicted molar refractivity (Wildman–Crippen MR) is 212 cm³/mol. The maximum Gasteiger partial charge on any atom is 0.346 e. The van der Waals surface area contributed by atoms with Crippen molar-refractivity contribution in [2.45, 2.75) is 61.9 Å². The van der Waals surface area contributed by atoms with E-state index in [9.17, 15) is 24.3 Å². The molecule has 0 aliphatic heterocycles. The summed E-state index contributed by atoms with van der Waals surface area (Å²) in [6.07, 6.45) is 5.59. The van der Waals surface area contributed by atoms with Crippen molar-refractivity contribution in [2.75, 3.05) is 14.2 Å². The second-order valence-electron chi connectivity index (χ2n) is 12.9. The standard InChI is InChI=1S/C28H26BrNO4.C13H14BBrNO3/c1-33-26(31)28(27(32)34-2,24-15-9-14-19-16-17-22(29)18-23(19)24)30-25(20-10-5-3-6-11-20)21-12-7-4-8-13-21;15-9-5-4-8-2-1-3-10(11(8)6-9)12(13(18)19)16-14-7-17/h3-8,10-13,16-18,24H,9,14-15H2,1-2H3;4-7,10,12,16H,1-3H2,(H,18,19)/t24-;10-,12?/m10/s1. The molecular formula is C41H40BBr2N2O7. The van der Waals surface area contributed by atoms with Gasteiger partial charge in [-0.15, -0.1) is 0 Å². The Labute approximate surface area is 327 Å². The normalized spacial score (nSPS) is 16.6. The lowest BCUT2D eigenvalue weighted by molar-refractivity contribution is -0.162. The molecule has 3 atom stereocenters. The van der Waals surface area contributed by atoms with Crippen molar-refractivity contribution in [2.24, 2.45) is 4.99 Å². The molecule has 0 fully saturated rings. The van der Waals surface area contributed by atoms with Gasteiger partial charge in [0.2, 0.25) is 0 Å². The number of nitrogens with one attached hydrogen (secondary N) is 1. The second-order valence-corrected chi connectivity index (χ2v) is 14.7. The molecule has 0 saturated heterocycles. The number of carbonyl (C=O) groups is 4. The first kappa shape index (κ1) is 39.8. The van der Waals surface area contributed by atoms with Gasteiger partial charge in [-0.25, -0.2) is 9.59 Å². The number of halogens is 2. The molecule has 0 saturated carbocycles. The first-order valence-electron chi connectivity index (χ1n) is 17.3. The fourth-order valence-corrected chi connectivity index (χ4v) is 8.13. The highest BCUT2D eigenvalue weighted by Crippen LogP contribution is 2.44. The fraction of sp³-hybridized carbons (Fsp3) is 0.293. The molecule has 53 heavy (non-hydrogen) atoms. The molecule has 12 heteroatoms. The average molecular weight is 843 g/mol. The molecule has 0 amide bonds. The molecule has 1 unspecified atom stereocenters. The molecule has 4 aromatic rings. The molecular weight excluding hydrogens is 803 g/mol. The number of benzene rings is 4. The van der Waals surface area contributed by atoms with Crippen molar-refractivity contribution >= 4 is 69.1 Å². The van der Waals surface area contributed by atoms with Crippen molar-refractivity contribution in [3.63, 3.8) is 0 Å². The predicted octanol–water partition coefficient (Wildman–Crippen LogP) is 7.21. The summed E-state index contributed by atoms with van der Waals surface area (Å²) in [6.45, 7) is 0. The third kappa shape index (κ3) is 9.05. The summed E-state index contributed by atoms with van der Waals surface area (Å²) >= 11 is 6.97. The molecule has 4 aromatic carbocycles. The molecule has 0 spiro atoms. The highest BCUT2D eigenvalue weighted by Gasteiger charge is 2.56. The Morgan fingerprint density at radius 2 is 1.32 bits per heavy atom. The van der Waals surface area contributed by atoms with Crippen LogP contribution in [0.25, 0.3) is 0 Å². The number of methoxy groups -OCH3 is 2. The van der Waals surface area contributed by atoms with Gasteiger partial charge in [-0.3, -0.25) is 9.79 Å². The Balaban J connectivity index is 0.000000241. The van der Waals surface area contributed by atoms with Crippen LogP contribution in [0.3, 0.4) is 0 Å². The summed E-state index contributed by atoms with van der Waals surface area (Å²) in [5.74, 6) is -3.06. The number of hydrogen-bond donors (Lipinski definition) is 2. The quantitative estimate of drug-likeness (QED) is 0.0533. The number of carbonyl (C=O) groups excluding carboxylic acids is 3. The minimum Gasteiger partial charge on any atom is -0.480 e. The molecule has 273 valence electrons. The molecule has 2 aliphatic carbocycles. The number of nitrogens with zero attached hydrogens (tertiary/aromatic N) is 1. The van der Waals surface area contributed by atoms with E-state index in [0.717, 1.165) is 76.3 Å². The van der Waals surface area contributed by atoms with Crippen LogP contribution in [0, 0.1) is 0 Å². The van der Waals surface area contributed by atoms with E-state index in [0.29, 0.717) is 18.3 Å². The number of aliphatic imine (C=N–C) groups is 1. The molecule has 9 nitrogen and oxygen atoms in total. The molecule has 0 aromatic heterocycles. The first-order chi connectivity index (χ1) is 25.6. The summed E-state index contributed by atoms with van der Waals surface area (Å²) in [6, 6.07) is 30.3. The summed E-state index contributed by atoms with van der Waals surface area (Å²) in [5, 5.41) is 12.0. The van der Waals surface area contributed by atoms with E-state index in [1.54, 1.807) is 0 Å². The highest BCUT2D eigenvalue weighted by molar-refractivity contribution is 9.10. The monoisotopic (exact) mass is 841 g/mol. The summed E-state index contributed by atoms with van der Waals surface area (Å²) in [7, 11) is 3.72. The summed E-state index contributed by atoms with van der Waals surface area (Å²) < 4.78 is 12.3. The number of esters is 2. The topological polar surface area (TPSA) is 131 Å². The Morgan fingerprint density at radius 3 is 1.83 bits per heavy atom. The number of aryl methyl sites for hydroxylation is 2. The van der Waals surface area contributed by atoms with Crippen LogP contribution in [0.15, 0.2) is 111 Å². The van der Waals surface area contributed by atoms with E-state index < -0.39 is 35.4 Å². The molecule has 0 bridgehead atoms. The SMILES string of the molecule is COC(=O)C(N=C(c1ccccc1)c1ccccc1)(C(=O)OC)[C@@H]1CCCc2ccc(Br)cc21.O=C[B]NC(C(=O)O)[C@H]1CCCc2ccc(Br)cc21. The molecule has 2 aliphatic rings. The van der Waals surface area contributed by atoms with Gasteiger partial charge in [-0.05, 0) is 85.0 Å². The number of carboxylic acids is 1. The number of hydrogen-bond acceptors (Lipinski definition) is 8. The van der Waals surface area contributed by atoms with Gasteiger partial charge in [0.1, 0.15) is 6.04 Å². The van der Waals surface area contributed by atoms with E-state index >= 15 is 0 Å². The number of fused-ring (bicyclic) bond motifs is 2. The maximum atomic E-state index is 13.6. The van der Waals surface area contributed by atoms with E-state index in [-0.39, 0.29) is 5.92 Å². The zero-order chi connectivity index (χ0) is 38.0. The Kier molecular flexibility index (Phi) is 14.0. The van der Waals surface area contributed by atoms with Crippen LogP contribution in [0.5, 0.6) is 0 Å². The number of aliphatic carboxylic acids is 1. The first-order valence-corrected chi connectivity index (χ1v) is 18.9. The summed E-state index contributed by atoms with van der Waals surface area (Å²) in [5.41, 5.74) is 4.44. The lowest BCUT2D eigenvalue weighted by atomic mass is 9.71. The van der Waals surface area contributed by atoms with Gasteiger partial charge in [-0.1, -0.05) is 105 Å². The van der Waals surface area contributed by atoms with Crippen molar-refractivity contribution in [1.29, 1.82) is 0 Å². The number of carboxylic acid groups (broad SMARTS) is 1. The van der Waals surface area contributed by atoms with Crippen LogP contribution in [0.4, 0.5) is 0 Å². The second kappa shape index (κ2) is 18.6. The average Bonchev–Trinajstić information content (AvgIpc) is 3.19. The van der Waals surface area contributed by atoms with Crippen molar-refractivity contribution < 1.29 is 33.8 Å². The lowest BCUT2D eigenvalue weighted by Crippen LogP contribution is -2.53. The van der Waals surface area contributed by atoms with E-state index in [1.165, 1.54) is 19.8 Å². The van der Waals surface area contributed by atoms with E-state index in [1.807, 2.05) is 97.1 Å². The molecule has 0 heterocycles. The van der Waals surface area contributed by atoms with Crippen molar-refractivity contribution in [3.8, 4) is 0 Å². The van der Waals surface area contributed by atoms with Crippen LogP contribution in [-0.2, 0) is 41.5 Å². The van der Waals surface area contributed by atoms with Crippen LogP contribution in [0.2, 0.25) is 0 Å². The third-order valence-electron chi connectivity index (χ3n) is 9.78. The maximum absolute atomic E-state index is 13.6. The van der Waals surface area contributed by atoms with Gasteiger partial charge in [0.25, 0.3) is 13.0 Å². The van der Waals surface area contributed by atoms with Crippen LogP contribution >= 0.6 is 31.9 Å². The smallest absolute Gasteiger partial charge is 0.346 e. The van der Waals surface area contributed by atoms with Gasteiger partial charge in [0.05, 0.1) is 26.1 Å². The minimum atomic E-state index is -1.90. The highest BCUT2D eigenvalue weighted by atomic mass is 79.9. The Morgan fingerprint density at radius 1 is 0.811 bits per heavy atom. The number of ether oxygens (including phenoxy) is 2. The summed E-state index contributed by atoms with van der Waals surface area (Å²) in [4.78, 5) is 53.9. The van der Waals surface area contributed by atoms with E-state index in [4.69, 9.17) is 14.5 Å². The molecule has 6 rings (SSSR count). The zero-order valence-corrected chi connectivity index (χ0v) is 32.6. The zero-order valence-electron chi connectivity index (χ0n) is 29.5. The van der Waals surface area contributed by atoms with Gasteiger partial charge in [0, 0.05) is 31.9 Å². The Hall–Kier alpha value is -4.39. The van der Waals surface area contributed by atoms with Crippen molar-refractivity contribution in [1.82, 2.24) is 5.23 Å². The van der Waals surface area contributed by atoms with Gasteiger partial charge < -0.3 is 24.6 Å². The lowest BCUT2D eigenvalue weighted by Gasteiger charge is -2.37. The van der Waals surface area contributed by atoms with E-state index in [2.05, 4.69) is 37.1 Å². The van der Waals surface area contributed by atoms with Gasteiger partial charge >= 0.3 is 17.9 Å². The number of rotatable bonds is 11. The van der Waals surface area contributed by atoms with Gasteiger partial charge in [-0.2, -0.15) is 0 Å². The largest absolute Gasteiger partial charge is 0.480 e. The third-order valence-corrected chi connectivity index (χ3v) is 10.8. The molecule has 2 N–H and O–H groups in total. The van der Waals surface area contributed by atoms with Gasteiger partial charge in [0.15, 0.2) is 0 Å². The van der Waals surface area contributed by atoms with Crippen molar-refractivity contribution in [3.05, 3.63) is 139 Å². The van der Waals surface area contributed by atoms with Crippen LogP contribution < -0.4 is 5.23 Å². The minimum absolute atomic E-state index is 0.116. The molecule has 1 radical (unpaired) electrons. The van der Waals surface area contributed by atoms with Crippen LogP contribution in [0.1, 0.15) is 70.9 Å². The Bertz CT molecular complexity index is 1900. The fourth-order valence-electron chi connectivity index (χ4n) is 7.37. The van der Waals surface area contributed by atoms with Crippen LogP contribution in [-0.4, -0.2) is 68.1 Å².